The number of morpholine rings is 1. The fourth-order valence-electron chi connectivity index (χ4n) is 4.57. The lowest BCUT2D eigenvalue weighted by Gasteiger charge is -2.31. The molecule has 2 fully saturated rings. The number of aromatic nitrogens is 1. The molecule has 1 unspecified atom stereocenters. The average molecular weight is 474 g/mol. The van der Waals surface area contributed by atoms with Crippen LogP contribution in [0, 0.1) is 0 Å². The van der Waals surface area contributed by atoms with Gasteiger partial charge in [0.1, 0.15) is 10.6 Å². The summed E-state index contributed by atoms with van der Waals surface area (Å²) in [4.78, 5) is 19.6. The number of hydrogen-bond acceptors (Lipinski definition) is 6. The number of nitrogens with zero attached hydrogens (tertiary/aromatic N) is 3. The molecule has 2 aromatic rings. The van der Waals surface area contributed by atoms with Gasteiger partial charge in [-0.15, -0.1) is 0 Å². The minimum absolute atomic E-state index is 0.00130. The molecule has 0 radical (unpaired) electrons. The van der Waals surface area contributed by atoms with Crippen LogP contribution in [0.1, 0.15) is 42.9 Å². The highest BCUT2D eigenvalue weighted by atomic mass is 32.2. The van der Waals surface area contributed by atoms with Gasteiger partial charge in [-0.05, 0) is 48.2 Å². The highest BCUT2D eigenvalue weighted by molar-refractivity contribution is 7.89. The second-order valence-electron chi connectivity index (χ2n) is 8.41. The molecule has 0 aliphatic carbocycles. The van der Waals surface area contributed by atoms with E-state index in [9.17, 15) is 13.2 Å². The predicted molar refractivity (Wildman–Crippen MR) is 123 cm³/mol. The van der Waals surface area contributed by atoms with E-state index in [2.05, 4.69) is 4.98 Å². The number of ether oxygens (including phenoxy) is 2. The van der Waals surface area contributed by atoms with Crippen LogP contribution in [0.5, 0.6) is 5.75 Å². The van der Waals surface area contributed by atoms with E-state index < -0.39 is 10.0 Å². The Hall–Kier alpha value is -2.49. The fourth-order valence-corrected chi connectivity index (χ4v) is 6.19. The summed E-state index contributed by atoms with van der Waals surface area (Å²) in [7, 11) is -2.30. The summed E-state index contributed by atoms with van der Waals surface area (Å²) >= 11 is 0. The van der Waals surface area contributed by atoms with Crippen molar-refractivity contribution >= 4 is 15.9 Å². The van der Waals surface area contributed by atoms with E-state index in [0.29, 0.717) is 38.4 Å². The van der Waals surface area contributed by atoms with Gasteiger partial charge in [0.2, 0.25) is 15.9 Å². The Balaban J connectivity index is 1.59. The number of pyridine rings is 1. The van der Waals surface area contributed by atoms with Crippen LogP contribution in [0.15, 0.2) is 47.6 Å². The van der Waals surface area contributed by atoms with Crippen molar-refractivity contribution in [3.05, 3.63) is 53.9 Å². The first kappa shape index (κ1) is 23.7. The molecule has 1 atom stereocenters. The van der Waals surface area contributed by atoms with Crippen molar-refractivity contribution in [2.75, 3.05) is 40.0 Å². The van der Waals surface area contributed by atoms with Crippen molar-refractivity contribution in [1.29, 1.82) is 0 Å². The van der Waals surface area contributed by atoms with Crippen LogP contribution in [-0.4, -0.2) is 68.5 Å². The van der Waals surface area contributed by atoms with Crippen LogP contribution in [0.4, 0.5) is 0 Å². The van der Waals surface area contributed by atoms with Gasteiger partial charge in [0.15, 0.2) is 0 Å². The van der Waals surface area contributed by atoms with E-state index in [1.54, 1.807) is 30.6 Å². The second-order valence-corrected chi connectivity index (χ2v) is 10.3. The van der Waals surface area contributed by atoms with Crippen molar-refractivity contribution in [2.24, 2.45) is 0 Å². The maximum absolute atomic E-state index is 13.4. The van der Waals surface area contributed by atoms with E-state index in [0.717, 1.165) is 31.2 Å². The molecule has 1 aromatic heterocycles. The first-order valence-corrected chi connectivity index (χ1v) is 12.9. The van der Waals surface area contributed by atoms with Crippen molar-refractivity contribution in [1.82, 2.24) is 14.2 Å². The topological polar surface area (TPSA) is 89.0 Å². The van der Waals surface area contributed by atoms with Gasteiger partial charge in [0.25, 0.3) is 0 Å². The van der Waals surface area contributed by atoms with Gasteiger partial charge < -0.3 is 14.4 Å². The molecule has 3 heterocycles. The summed E-state index contributed by atoms with van der Waals surface area (Å²) < 4.78 is 38.6. The quantitative estimate of drug-likeness (QED) is 0.641. The second kappa shape index (κ2) is 10.6. The monoisotopic (exact) mass is 473 g/mol. The minimum atomic E-state index is -3.75. The number of sulfonamides is 1. The summed E-state index contributed by atoms with van der Waals surface area (Å²) in [6.07, 6.45) is 7.69. The molecule has 2 saturated heterocycles. The summed E-state index contributed by atoms with van der Waals surface area (Å²) in [6.45, 7) is 2.03. The van der Waals surface area contributed by atoms with Gasteiger partial charge in [-0.1, -0.05) is 18.9 Å². The van der Waals surface area contributed by atoms with Gasteiger partial charge in [-0.25, -0.2) is 8.42 Å². The first-order chi connectivity index (χ1) is 16.0. The average Bonchev–Trinajstić information content (AvgIpc) is 3.11. The molecule has 1 aromatic carbocycles. The zero-order chi connectivity index (χ0) is 23.3. The lowest BCUT2D eigenvalue weighted by Crippen LogP contribution is -2.40. The molecule has 9 heteroatoms. The van der Waals surface area contributed by atoms with E-state index >= 15 is 0 Å². The lowest BCUT2D eigenvalue weighted by molar-refractivity contribution is -0.132. The number of rotatable bonds is 6. The number of carbonyl (C=O) groups excluding carboxylic acids is 1. The largest absolute Gasteiger partial charge is 0.495 e. The molecule has 0 saturated carbocycles. The Morgan fingerprint density at radius 3 is 2.58 bits per heavy atom. The van der Waals surface area contributed by atoms with Gasteiger partial charge >= 0.3 is 0 Å². The third-order valence-corrected chi connectivity index (χ3v) is 8.26. The molecule has 178 valence electrons. The number of amides is 1. The van der Waals surface area contributed by atoms with Crippen molar-refractivity contribution in [2.45, 2.75) is 43.0 Å². The highest BCUT2D eigenvalue weighted by Gasteiger charge is 2.31. The Kier molecular flexibility index (Phi) is 7.62. The SMILES string of the molecule is COc1ccc(CC(=O)N2CCCCCC2c2ccncc2)cc1S(=O)(=O)N1CCOCC1. The fraction of sp³-hybridized carbons (Fsp3) is 0.500. The number of methoxy groups -OCH3 is 1. The van der Waals surface area contributed by atoms with Gasteiger partial charge in [-0.3, -0.25) is 9.78 Å². The van der Waals surface area contributed by atoms with Crippen LogP contribution in [0.3, 0.4) is 0 Å². The lowest BCUT2D eigenvalue weighted by atomic mass is 10.0. The molecular formula is C24H31N3O5S. The zero-order valence-corrected chi connectivity index (χ0v) is 19.8. The van der Waals surface area contributed by atoms with E-state index in [1.165, 1.54) is 11.4 Å². The third kappa shape index (κ3) is 5.37. The molecule has 1 amide bonds. The van der Waals surface area contributed by atoms with Gasteiger partial charge in [-0.2, -0.15) is 4.31 Å². The summed E-state index contributed by atoms with van der Waals surface area (Å²) in [5.41, 5.74) is 1.75. The first-order valence-electron chi connectivity index (χ1n) is 11.4. The van der Waals surface area contributed by atoms with Crippen LogP contribution in [0.2, 0.25) is 0 Å². The smallest absolute Gasteiger partial charge is 0.246 e. The highest BCUT2D eigenvalue weighted by Crippen LogP contribution is 2.32. The van der Waals surface area contributed by atoms with E-state index in [-0.39, 0.29) is 29.0 Å². The van der Waals surface area contributed by atoms with Crippen molar-refractivity contribution < 1.29 is 22.7 Å². The molecule has 33 heavy (non-hydrogen) atoms. The molecule has 2 aliphatic heterocycles. The van der Waals surface area contributed by atoms with Crippen LogP contribution < -0.4 is 4.74 Å². The third-order valence-electron chi connectivity index (χ3n) is 6.34. The van der Waals surface area contributed by atoms with Crippen LogP contribution in [-0.2, 0) is 26.0 Å². The summed E-state index contributed by atoms with van der Waals surface area (Å²) in [5, 5.41) is 0. The number of benzene rings is 1. The van der Waals surface area contributed by atoms with Gasteiger partial charge in [0.05, 0.1) is 32.8 Å². The summed E-state index contributed by atoms with van der Waals surface area (Å²) in [6, 6.07) is 8.94. The van der Waals surface area contributed by atoms with Gasteiger partial charge in [0, 0.05) is 32.0 Å². The summed E-state index contributed by atoms with van der Waals surface area (Å²) in [5.74, 6) is 0.278. The van der Waals surface area contributed by atoms with Crippen molar-refractivity contribution in [3.63, 3.8) is 0 Å². The van der Waals surface area contributed by atoms with Crippen LogP contribution in [0.25, 0.3) is 0 Å². The van der Waals surface area contributed by atoms with Crippen LogP contribution >= 0.6 is 0 Å². The number of hydrogen-bond donors (Lipinski definition) is 0. The Labute approximate surface area is 195 Å². The standard InChI is InChI=1S/C24H31N3O5S/c1-31-22-7-6-19(17-23(22)33(29,30)26-13-15-32-16-14-26)18-24(28)27-12-4-2-3-5-21(27)20-8-10-25-11-9-20/h6-11,17,21H,2-5,12-16,18H2,1H3. The minimum Gasteiger partial charge on any atom is -0.495 e. The Morgan fingerprint density at radius 2 is 1.85 bits per heavy atom. The molecule has 0 N–H and O–H groups in total. The van der Waals surface area contributed by atoms with E-state index in [1.807, 2.05) is 17.0 Å². The Bertz CT molecular complexity index is 1060. The predicted octanol–water partition coefficient (Wildman–Crippen LogP) is 2.80. The maximum atomic E-state index is 13.4. The maximum Gasteiger partial charge on any atom is 0.246 e. The Morgan fingerprint density at radius 1 is 1.09 bits per heavy atom. The van der Waals surface area contributed by atoms with Crippen molar-refractivity contribution in [3.8, 4) is 5.75 Å². The van der Waals surface area contributed by atoms with E-state index in [4.69, 9.17) is 9.47 Å². The molecule has 4 rings (SSSR count). The molecule has 0 spiro atoms. The number of likely N-dealkylation sites (tertiary alicyclic amines) is 1. The normalized spacial score (nSPS) is 20.3. The zero-order valence-electron chi connectivity index (χ0n) is 19.0. The molecule has 8 nitrogen and oxygen atoms in total. The molecule has 2 aliphatic rings. The molecular weight excluding hydrogens is 442 g/mol. The number of carbonyl (C=O) groups is 1. The molecule has 0 bridgehead atoms.